The van der Waals surface area contributed by atoms with Gasteiger partial charge in [-0.25, -0.2) is 0 Å². The molecular weight excluding hydrogens is 292 g/mol. The Labute approximate surface area is 148 Å². The molecule has 0 spiro atoms. The highest BCUT2D eigenvalue weighted by molar-refractivity contribution is 5.87. The molecule has 0 radical (unpaired) electrons. The summed E-state index contributed by atoms with van der Waals surface area (Å²) in [5.74, 6) is 2.26. The number of fused-ring (bicyclic) bond motifs is 2. The van der Waals surface area contributed by atoms with Crippen molar-refractivity contribution in [1.29, 1.82) is 0 Å². The van der Waals surface area contributed by atoms with Crippen LogP contribution in [0.3, 0.4) is 0 Å². The van der Waals surface area contributed by atoms with Gasteiger partial charge in [0.15, 0.2) is 5.78 Å². The van der Waals surface area contributed by atoms with Gasteiger partial charge in [-0.2, -0.15) is 0 Å². The quantitative estimate of drug-likeness (QED) is 0.559. The van der Waals surface area contributed by atoms with Crippen LogP contribution in [0.25, 0.3) is 0 Å². The molecule has 0 aromatic heterocycles. The van der Waals surface area contributed by atoms with Crippen LogP contribution in [0.4, 0.5) is 0 Å². The van der Waals surface area contributed by atoms with E-state index in [1.807, 2.05) is 0 Å². The van der Waals surface area contributed by atoms with Crippen LogP contribution in [0.1, 0.15) is 73.1 Å². The molecule has 0 bridgehead atoms. The SMILES string of the molecule is CC(=O)/C=C/CC1CCCC2=CC3=CC(C)(C)CCC3C(C)(C)C21. The van der Waals surface area contributed by atoms with Crippen molar-refractivity contribution in [3.05, 3.63) is 35.5 Å². The Bertz CT molecular complexity index is 600. The number of carbonyl (C=O) groups is 1. The number of carbonyl (C=O) groups excluding carboxylic acids is 1. The number of rotatable bonds is 3. The minimum atomic E-state index is 0.171. The lowest BCUT2D eigenvalue weighted by Gasteiger charge is -2.53. The molecule has 0 N–H and O–H groups in total. The number of ketones is 1. The molecule has 0 aromatic carbocycles. The first kappa shape index (κ1) is 17.7. The summed E-state index contributed by atoms with van der Waals surface area (Å²) >= 11 is 0. The van der Waals surface area contributed by atoms with Crippen molar-refractivity contribution in [2.75, 3.05) is 0 Å². The molecule has 1 nitrogen and oxygen atoms in total. The van der Waals surface area contributed by atoms with E-state index in [0.29, 0.717) is 28.6 Å². The van der Waals surface area contributed by atoms with Crippen LogP contribution < -0.4 is 0 Å². The van der Waals surface area contributed by atoms with Crippen LogP contribution in [0.5, 0.6) is 0 Å². The molecule has 3 rings (SSSR count). The summed E-state index contributed by atoms with van der Waals surface area (Å²) in [6.45, 7) is 11.4. The average Bonchev–Trinajstić information content (AvgIpc) is 2.45. The highest BCUT2D eigenvalue weighted by atomic mass is 16.1. The molecule has 1 saturated carbocycles. The molecule has 0 aromatic rings. The van der Waals surface area contributed by atoms with Gasteiger partial charge in [0.2, 0.25) is 0 Å². The summed E-state index contributed by atoms with van der Waals surface area (Å²) in [6, 6.07) is 0. The highest BCUT2D eigenvalue weighted by Crippen LogP contribution is 2.58. The maximum atomic E-state index is 11.2. The van der Waals surface area contributed by atoms with Gasteiger partial charge in [0.05, 0.1) is 0 Å². The van der Waals surface area contributed by atoms with Crippen molar-refractivity contribution in [2.45, 2.75) is 73.1 Å². The van der Waals surface area contributed by atoms with Crippen LogP contribution in [-0.4, -0.2) is 5.78 Å². The van der Waals surface area contributed by atoms with E-state index < -0.39 is 0 Å². The third-order valence-corrected chi connectivity index (χ3v) is 6.79. The molecule has 132 valence electrons. The summed E-state index contributed by atoms with van der Waals surface area (Å²) in [7, 11) is 0. The van der Waals surface area contributed by atoms with Crippen molar-refractivity contribution in [2.24, 2.45) is 28.6 Å². The largest absolute Gasteiger partial charge is 0.295 e. The van der Waals surface area contributed by atoms with Gasteiger partial charge >= 0.3 is 0 Å². The zero-order chi connectivity index (χ0) is 17.5. The van der Waals surface area contributed by atoms with E-state index >= 15 is 0 Å². The van der Waals surface area contributed by atoms with Crippen LogP contribution in [-0.2, 0) is 4.79 Å². The van der Waals surface area contributed by atoms with E-state index in [1.165, 1.54) is 32.1 Å². The Morgan fingerprint density at radius 3 is 2.71 bits per heavy atom. The van der Waals surface area contributed by atoms with Crippen molar-refractivity contribution < 1.29 is 4.79 Å². The second kappa shape index (κ2) is 6.32. The fraction of sp³-hybridized carbons (Fsp3) is 0.696. The fourth-order valence-electron chi connectivity index (χ4n) is 5.78. The van der Waals surface area contributed by atoms with Crippen molar-refractivity contribution in [1.82, 2.24) is 0 Å². The minimum Gasteiger partial charge on any atom is -0.295 e. The molecule has 0 saturated heterocycles. The maximum Gasteiger partial charge on any atom is 0.152 e. The van der Waals surface area contributed by atoms with Crippen molar-refractivity contribution in [3.63, 3.8) is 0 Å². The van der Waals surface area contributed by atoms with Crippen LogP contribution in [0, 0.1) is 28.6 Å². The molecule has 0 aliphatic heterocycles. The lowest BCUT2D eigenvalue weighted by Crippen LogP contribution is -2.44. The van der Waals surface area contributed by atoms with Gasteiger partial charge in [0.1, 0.15) is 0 Å². The second-order valence-electron chi connectivity index (χ2n) is 9.64. The summed E-state index contributed by atoms with van der Waals surface area (Å²) in [5.41, 5.74) is 3.99. The number of allylic oxidation sites excluding steroid dienone is 6. The van der Waals surface area contributed by atoms with Crippen molar-refractivity contribution in [3.8, 4) is 0 Å². The predicted octanol–water partition coefficient (Wildman–Crippen LogP) is 6.27. The predicted molar refractivity (Wildman–Crippen MR) is 102 cm³/mol. The minimum absolute atomic E-state index is 0.171. The third kappa shape index (κ3) is 3.32. The molecule has 24 heavy (non-hydrogen) atoms. The highest BCUT2D eigenvalue weighted by Gasteiger charge is 2.48. The Balaban J connectivity index is 1.93. The van der Waals surface area contributed by atoms with E-state index in [2.05, 4.69) is 45.9 Å². The van der Waals surface area contributed by atoms with Gasteiger partial charge in [-0.1, -0.05) is 51.5 Å². The molecular formula is C23H34O. The zero-order valence-electron chi connectivity index (χ0n) is 16.2. The van der Waals surface area contributed by atoms with Crippen molar-refractivity contribution >= 4 is 5.78 Å². The lowest BCUT2D eigenvalue weighted by molar-refractivity contribution is -0.112. The van der Waals surface area contributed by atoms with Gasteiger partial charge in [-0.15, -0.1) is 0 Å². The summed E-state index contributed by atoms with van der Waals surface area (Å²) in [5, 5.41) is 0. The molecule has 3 atom stereocenters. The molecule has 1 heteroatoms. The van der Waals surface area contributed by atoms with Gasteiger partial charge in [-0.05, 0) is 85.7 Å². The first-order valence-electron chi connectivity index (χ1n) is 9.81. The van der Waals surface area contributed by atoms with Crippen LogP contribution in [0.2, 0.25) is 0 Å². The third-order valence-electron chi connectivity index (χ3n) is 6.79. The Morgan fingerprint density at radius 1 is 1.25 bits per heavy atom. The summed E-state index contributed by atoms with van der Waals surface area (Å²) in [4.78, 5) is 11.2. The summed E-state index contributed by atoms with van der Waals surface area (Å²) < 4.78 is 0. The smallest absolute Gasteiger partial charge is 0.152 e. The van der Waals surface area contributed by atoms with E-state index in [0.717, 1.165) is 6.42 Å². The molecule has 3 aliphatic rings. The van der Waals surface area contributed by atoms with E-state index in [4.69, 9.17) is 0 Å². The Kier molecular flexibility index (Phi) is 4.66. The van der Waals surface area contributed by atoms with E-state index in [-0.39, 0.29) is 5.78 Å². The van der Waals surface area contributed by atoms with E-state index in [9.17, 15) is 4.79 Å². The molecule has 0 amide bonds. The molecule has 3 aliphatic carbocycles. The average molecular weight is 327 g/mol. The standard InChI is InChI=1S/C23H34O/c1-16(24)8-6-9-17-10-7-11-18-14-19-15-22(2,3)13-12-20(19)23(4,5)21(17)18/h6,8,14-15,17,20-21H,7,9-13H2,1-5H3/b8-6+. The van der Waals surface area contributed by atoms with Crippen LogP contribution in [0.15, 0.2) is 35.5 Å². The Morgan fingerprint density at radius 2 is 2.00 bits per heavy atom. The lowest BCUT2D eigenvalue weighted by atomic mass is 9.51. The van der Waals surface area contributed by atoms with Gasteiger partial charge in [-0.3, -0.25) is 4.79 Å². The van der Waals surface area contributed by atoms with Gasteiger partial charge < -0.3 is 0 Å². The molecule has 3 unspecified atom stereocenters. The molecule has 0 heterocycles. The second-order valence-corrected chi connectivity index (χ2v) is 9.64. The number of hydrogen-bond donors (Lipinski definition) is 0. The number of hydrogen-bond acceptors (Lipinski definition) is 1. The monoisotopic (exact) mass is 326 g/mol. The van der Waals surface area contributed by atoms with Gasteiger partial charge in [0.25, 0.3) is 0 Å². The summed E-state index contributed by atoms with van der Waals surface area (Å²) in [6.07, 6.45) is 16.6. The first-order valence-corrected chi connectivity index (χ1v) is 9.81. The maximum absolute atomic E-state index is 11.2. The fourth-order valence-corrected chi connectivity index (χ4v) is 5.78. The van der Waals surface area contributed by atoms with Gasteiger partial charge in [0, 0.05) is 0 Å². The Hall–Kier alpha value is -1.11. The topological polar surface area (TPSA) is 17.1 Å². The van der Waals surface area contributed by atoms with E-state index in [1.54, 1.807) is 24.1 Å². The first-order chi connectivity index (χ1) is 11.2. The zero-order valence-corrected chi connectivity index (χ0v) is 16.2. The molecule has 1 fully saturated rings. The normalized spacial score (nSPS) is 34.1. The van der Waals surface area contributed by atoms with Crippen LogP contribution >= 0.6 is 0 Å².